The zero-order valence-electron chi connectivity index (χ0n) is 26.2. The van der Waals surface area contributed by atoms with Gasteiger partial charge in [0.1, 0.15) is 0 Å². The summed E-state index contributed by atoms with van der Waals surface area (Å²) in [5, 5.41) is 0. The van der Waals surface area contributed by atoms with Gasteiger partial charge in [-0.1, -0.05) is 103 Å². The third-order valence-corrected chi connectivity index (χ3v) is 9.22. The largest absolute Gasteiger partial charge is 0.411 e. The van der Waals surface area contributed by atoms with Gasteiger partial charge in [0.2, 0.25) is 5.41 Å². The summed E-state index contributed by atoms with van der Waals surface area (Å²) in [6, 6.07) is 25.9. The van der Waals surface area contributed by atoms with Gasteiger partial charge in [-0.25, -0.2) is 0 Å². The van der Waals surface area contributed by atoms with Crippen LogP contribution >= 0.6 is 0 Å². The van der Waals surface area contributed by atoms with Gasteiger partial charge in [0, 0.05) is 11.1 Å². The lowest BCUT2D eigenvalue weighted by atomic mass is 9.72. The Balaban J connectivity index is 1.55. The number of benzene rings is 5. The summed E-state index contributed by atoms with van der Waals surface area (Å²) in [6.45, 7) is 3.23. The average Bonchev–Trinajstić information content (AvgIpc) is 3.02. The van der Waals surface area contributed by atoms with Crippen LogP contribution in [0.15, 0.2) is 120 Å². The molecule has 0 atom stereocenters. The van der Waals surface area contributed by atoms with Crippen LogP contribution in [0.2, 0.25) is 0 Å². The first-order valence-electron chi connectivity index (χ1n) is 15.0. The summed E-state index contributed by atoms with van der Waals surface area (Å²) in [7, 11) is -4.46. The first kappa shape index (κ1) is 35.6. The first-order valence-corrected chi connectivity index (χ1v) is 16.4. The molecule has 0 fully saturated rings. The number of rotatable bonds is 9. The van der Waals surface area contributed by atoms with E-state index in [0.29, 0.717) is 38.9 Å². The predicted octanol–water partition coefficient (Wildman–Crippen LogP) is 9.37. The zero-order chi connectivity index (χ0) is 35.8. The first-order chi connectivity index (χ1) is 22.9. The van der Waals surface area contributed by atoms with E-state index in [-0.39, 0.29) is 29.1 Å². The highest BCUT2D eigenvalue weighted by Gasteiger charge is 2.72. The van der Waals surface area contributed by atoms with Crippen molar-refractivity contribution in [3.8, 4) is 0 Å². The fraction of sp³-hybridized carbons (Fsp3) is 0.184. The van der Waals surface area contributed by atoms with E-state index in [9.17, 15) is 44.1 Å². The van der Waals surface area contributed by atoms with Crippen LogP contribution in [0.4, 0.5) is 26.3 Å². The van der Waals surface area contributed by atoms with Crippen LogP contribution in [0, 0.1) is 13.8 Å². The van der Waals surface area contributed by atoms with Crippen molar-refractivity contribution in [1.82, 2.24) is 0 Å². The third kappa shape index (κ3) is 7.33. The molecule has 0 heterocycles. The maximum absolute atomic E-state index is 14.6. The van der Waals surface area contributed by atoms with Crippen molar-refractivity contribution in [3.05, 3.63) is 171 Å². The summed E-state index contributed by atoms with van der Waals surface area (Å²) in [5.74, 6) is -0.357. The molecule has 49 heavy (non-hydrogen) atoms. The van der Waals surface area contributed by atoms with E-state index in [1.165, 1.54) is 36.4 Å². The molecule has 1 N–H and O–H groups in total. The highest BCUT2D eigenvalue weighted by Crippen LogP contribution is 2.56. The Kier molecular flexibility index (Phi) is 9.64. The standard InChI is InChI=1S/C38H30F6O4S/c1-24-8-14-31(15-9-24)36(37(39,40)41,38(42,43)44)32-16-11-26(12-17-32)21-30-13-10-27(23-34(30)35(45)29-6-4-3-5-7-29)20-28-18-25(2)19-33(22-28)49(46,47)48/h3-19,22-23H,20-21H2,1-2H3,(H,46,47,48). The summed E-state index contributed by atoms with van der Waals surface area (Å²) in [5.41, 5.74) is -2.46. The minimum Gasteiger partial charge on any atom is -0.289 e. The minimum atomic E-state index is -5.72. The van der Waals surface area contributed by atoms with Gasteiger partial charge >= 0.3 is 12.4 Å². The molecule has 4 nitrogen and oxygen atoms in total. The van der Waals surface area contributed by atoms with Gasteiger partial charge in [-0.3, -0.25) is 9.35 Å². The van der Waals surface area contributed by atoms with E-state index in [1.54, 1.807) is 68.4 Å². The van der Waals surface area contributed by atoms with Crippen molar-refractivity contribution in [1.29, 1.82) is 0 Å². The molecule has 5 aromatic rings. The molecule has 5 aromatic carbocycles. The number of ketones is 1. The molecule has 5 rings (SSSR count). The number of hydrogen-bond acceptors (Lipinski definition) is 3. The van der Waals surface area contributed by atoms with Crippen LogP contribution in [-0.2, 0) is 28.4 Å². The molecule has 0 aliphatic heterocycles. The Morgan fingerprint density at radius 2 is 1.16 bits per heavy atom. The smallest absolute Gasteiger partial charge is 0.289 e. The number of carbonyl (C=O) groups is 1. The van der Waals surface area contributed by atoms with E-state index in [1.807, 2.05) is 0 Å². The SMILES string of the molecule is Cc1ccc(C(c2ccc(Cc3ccc(Cc4cc(C)cc(S(=O)(=O)O)c4)cc3C(=O)c3ccccc3)cc2)(C(F)(F)F)C(F)(F)F)cc1. The number of alkyl halides is 6. The van der Waals surface area contributed by atoms with Crippen molar-refractivity contribution in [2.75, 3.05) is 0 Å². The van der Waals surface area contributed by atoms with Crippen LogP contribution in [0.3, 0.4) is 0 Å². The molecular formula is C38H30F6O4S. The molecule has 0 aromatic heterocycles. The van der Waals surface area contributed by atoms with E-state index < -0.39 is 39.0 Å². The molecule has 0 radical (unpaired) electrons. The van der Waals surface area contributed by atoms with Gasteiger partial charge in [0.15, 0.2) is 5.78 Å². The van der Waals surface area contributed by atoms with Crippen LogP contribution in [0.25, 0.3) is 0 Å². The van der Waals surface area contributed by atoms with Crippen molar-refractivity contribution in [3.63, 3.8) is 0 Å². The highest BCUT2D eigenvalue weighted by molar-refractivity contribution is 7.85. The third-order valence-electron chi connectivity index (χ3n) is 8.39. The summed E-state index contributed by atoms with van der Waals surface area (Å²) >= 11 is 0. The van der Waals surface area contributed by atoms with Gasteiger partial charge in [-0.05, 0) is 83.8 Å². The molecule has 0 bridgehead atoms. The quantitative estimate of drug-likeness (QED) is 0.0948. The molecule has 0 amide bonds. The molecule has 0 spiro atoms. The Hall–Kier alpha value is -4.74. The highest BCUT2D eigenvalue weighted by atomic mass is 32.2. The Labute approximate surface area is 279 Å². The fourth-order valence-corrected chi connectivity index (χ4v) is 6.67. The topological polar surface area (TPSA) is 71.4 Å². The predicted molar refractivity (Wildman–Crippen MR) is 173 cm³/mol. The molecule has 0 aliphatic rings. The molecular weight excluding hydrogens is 666 g/mol. The second-order valence-electron chi connectivity index (χ2n) is 12.0. The lowest BCUT2D eigenvalue weighted by Gasteiger charge is -2.38. The van der Waals surface area contributed by atoms with Gasteiger partial charge in [-0.15, -0.1) is 0 Å². The number of aryl methyl sites for hydroxylation is 2. The lowest BCUT2D eigenvalue weighted by Crippen LogP contribution is -2.54. The van der Waals surface area contributed by atoms with Crippen molar-refractivity contribution >= 4 is 15.9 Å². The van der Waals surface area contributed by atoms with Crippen LogP contribution in [0.5, 0.6) is 0 Å². The molecule has 0 saturated carbocycles. The lowest BCUT2D eigenvalue weighted by molar-refractivity contribution is -0.288. The zero-order valence-corrected chi connectivity index (χ0v) is 27.0. The summed E-state index contributed by atoms with van der Waals surface area (Å²) < 4.78 is 121. The number of halogens is 6. The van der Waals surface area contributed by atoms with Crippen LogP contribution in [-0.4, -0.2) is 31.1 Å². The van der Waals surface area contributed by atoms with Crippen molar-refractivity contribution in [2.45, 2.75) is 49.4 Å². The normalized spacial score (nSPS) is 12.6. The second kappa shape index (κ2) is 13.3. The second-order valence-corrected chi connectivity index (χ2v) is 13.4. The monoisotopic (exact) mass is 696 g/mol. The Morgan fingerprint density at radius 1 is 0.612 bits per heavy atom. The fourth-order valence-electron chi connectivity index (χ4n) is 6.03. The average molecular weight is 697 g/mol. The van der Waals surface area contributed by atoms with Crippen molar-refractivity contribution in [2.24, 2.45) is 0 Å². The molecule has 254 valence electrons. The number of carbonyl (C=O) groups excluding carboxylic acids is 1. The minimum absolute atomic E-state index is 0.0153. The van der Waals surface area contributed by atoms with E-state index >= 15 is 0 Å². The molecule has 0 saturated heterocycles. The van der Waals surface area contributed by atoms with E-state index in [0.717, 1.165) is 24.3 Å². The maximum atomic E-state index is 14.6. The summed E-state index contributed by atoms with van der Waals surface area (Å²) in [4.78, 5) is 13.5. The van der Waals surface area contributed by atoms with E-state index in [2.05, 4.69) is 0 Å². The Bertz CT molecular complexity index is 2070. The van der Waals surface area contributed by atoms with Crippen LogP contribution < -0.4 is 0 Å². The molecule has 0 aliphatic carbocycles. The van der Waals surface area contributed by atoms with Gasteiger partial charge in [-0.2, -0.15) is 34.8 Å². The van der Waals surface area contributed by atoms with Gasteiger partial charge < -0.3 is 0 Å². The van der Waals surface area contributed by atoms with Gasteiger partial charge in [0.25, 0.3) is 10.1 Å². The number of hydrogen-bond donors (Lipinski definition) is 1. The summed E-state index contributed by atoms with van der Waals surface area (Å²) in [6.07, 6.45) is -11.2. The Morgan fingerprint density at radius 3 is 1.71 bits per heavy atom. The maximum Gasteiger partial charge on any atom is 0.411 e. The van der Waals surface area contributed by atoms with Crippen molar-refractivity contribution < 1.29 is 44.1 Å². The van der Waals surface area contributed by atoms with Crippen LogP contribution in [0.1, 0.15) is 60.4 Å². The molecule has 11 heteroatoms. The molecule has 0 unspecified atom stereocenters. The van der Waals surface area contributed by atoms with Gasteiger partial charge in [0.05, 0.1) is 4.90 Å². The van der Waals surface area contributed by atoms with E-state index in [4.69, 9.17) is 0 Å².